The Kier molecular flexibility index (Phi) is 6.51. The number of nitrogens with one attached hydrogen (secondary N) is 2. The fraction of sp³-hybridized carbons (Fsp3) is 0.0714. The smallest absolute Gasteiger partial charge is 0.272 e. The molecule has 0 radical (unpaired) electrons. The van der Waals surface area contributed by atoms with Crippen LogP contribution in [0.3, 0.4) is 0 Å². The minimum Gasteiger partial charge on any atom is -0.272 e. The molecule has 0 saturated carbocycles. The molecule has 0 aliphatic heterocycles. The number of benzene rings is 4. The Labute approximate surface area is 193 Å². The molecule has 0 aliphatic carbocycles. The van der Waals surface area contributed by atoms with Gasteiger partial charge in [0.1, 0.15) is 0 Å². The standard InChI is InChI=1S/C28H25N3O2/c1-28(22-14-6-2-7-15-22,23-16-8-3-9-17-23)26(32)29-30-27(33)31(24-18-10-4-11-19-24)25-20-12-5-13-21-25/h2-21H,1H3,(H,29,32)(H,30,33). The first kappa shape index (κ1) is 21.8. The number of carbonyl (C=O) groups excluding carboxylic acids is 2. The van der Waals surface area contributed by atoms with E-state index in [1.54, 1.807) is 0 Å². The number of rotatable bonds is 5. The molecule has 4 aromatic carbocycles. The van der Waals surface area contributed by atoms with E-state index in [0.717, 1.165) is 11.1 Å². The van der Waals surface area contributed by atoms with Gasteiger partial charge in [-0.2, -0.15) is 0 Å². The molecule has 4 rings (SSSR count). The number of amides is 3. The normalized spacial score (nSPS) is 10.8. The van der Waals surface area contributed by atoms with Crippen molar-refractivity contribution < 1.29 is 9.59 Å². The lowest BCUT2D eigenvalue weighted by Gasteiger charge is -2.30. The largest absolute Gasteiger partial charge is 0.345 e. The van der Waals surface area contributed by atoms with Gasteiger partial charge in [-0.1, -0.05) is 97.1 Å². The van der Waals surface area contributed by atoms with Gasteiger partial charge in [-0.15, -0.1) is 0 Å². The minimum atomic E-state index is -1.000. The summed E-state index contributed by atoms with van der Waals surface area (Å²) in [6, 6.07) is 37.2. The maximum atomic E-state index is 13.5. The summed E-state index contributed by atoms with van der Waals surface area (Å²) in [6.07, 6.45) is 0. The highest BCUT2D eigenvalue weighted by Crippen LogP contribution is 2.32. The molecule has 5 heteroatoms. The maximum absolute atomic E-state index is 13.5. The summed E-state index contributed by atoms with van der Waals surface area (Å²) < 4.78 is 0. The van der Waals surface area contributed by atoms with Gasteiger partial charge in [-0.25, -0.2) is 10.2 Å². The lowest BCUT2D eigenvalue weighted by molar-refractivity contribution is -0.125. The van der Waals surface area contributed by atoms with E-state index in [4.69, 9.17) is 0 Å². The van der Waals surface area contributed by atoms with E-state index >= 15 is 0 Å². The van der Waals surface area contributed by atoms with E-state index in [0.29, 0.717) is 11.4 Å². The van der Waals surface area contributed by atoms with Crippen molar-refractivity contribution >= 4 is 23.3 Å². The minimum absolute atomic E-state index is 0.339. The maximum Gasteiger partial charge on any atom is 0.345 e. The number of para-hydroxylation sites is 2. The van der Waals surface area contributed by atoms with Gasteiger partial charge in [0.2, 0.25) is 0 Å². The van der Waals surface area contributed by atoms with Crippen LogP contribution in [0.2, 0.25) is 0 Å². The van der Waals surface area contributed by atoms with Crippen molar-refractivity contribution in [1.82, 2.24) is 10.9 Å². The Bertz CT molecular complexity index is 1120. The molecule has 0 aliphatic rings. The molecule has 4 aromatic rings. The fourth-order valence-electron chi connectivity index (χ4n) is 3.80. The molecule has 33 heavy (non-hydrogen) atoms. The summed E-state index contributed by atoms with van der Waals surface area (Å²) in [5.74, 6) is -0.339. The van der Waals surface area contributed by atoms with Crippen LogP contribution in [0.5, 0.6) is 0 Å². The van der Waals surface area contributed by atoms with Crippen molar-refractivity contribution in [1.29, 1.82) is 0 Å². The highest BCUT2D eigenvalue weighted by molar-refractivity contribution is 6.01. The second-order valence-corrected chi connectivity index (χ2v) is 7.75. The molecule has 0 spiro atoms. The second-order valence-electron chi connectivity index (χ2n) is 7.75. The van der Waals surface area contributed by atoms with E-state index in [-0.39, 0.29) is 5.91 Å². The number of hydrogen-bond acceptors (Lipinski definition) is 2. The predicted octanol–water partition coefficient (Wildman–Crippen LogP) is 5.57. The summed E-state index contributed by atoms with van der Waals surface area (Å²) in [7, 11) is 0. The van der Waals surface area contributed by atoms with Crippen LogP contribution in [-0.4, -0.2) is 11.9 Å². The molecule has 0 saturated heterocycles. The number of nitrogens with zero attached hydrogens (tertiary/aromatic N) is 1. The number of anilines is 2. The molecule has 3 amide bonds. The van der Waals surface area contributed by atoms with Crippen LogP contribution in [0.25, 0.3) is 0 Å². The monoisotopic (exact) mass is 435 g/mol. The molecule has 0 fully saturated rings. The van der Waals surface area contributed by atoms with Crippen molar-refractivity contribution in [2.24, 2.45) is 0 Å². The van der Waals surface area contributed by atoms with E-state index in [2.05, 4.69) is 10.9 Å². The molecule has 0 atom stereocenters. The van der Waals surface area contributed by atoms with E-state index in [1.165, 1.54) is 4.90 Å². The van der Waals surface area contributed by atoms with Gasteiger partial charge < -0.3 is 0 Å². The highest BCUT2D eigenvalue weighted by atomic mass is 16.2. The average Bonchev–Trinajstić information content (AvgIpc) is 2.89. The molecule has 2 N–H and O–H groups in total. The fourth-order valence-corrected chi connectivity index (χ4v) is 3.80. The van der Waals surface area contributed by atoms with Crippen LogP contribution in [0, 0.1) is 0 Å². The van der Waals surface area contributed by atoms with Crippen LogP contribution in [0.15, 0.2) is 121 Å². The zero-order valence-corrected chi connectivity index (χ0v) is 18.3. The first-order valence-corrected chi connectivity index (χ1v) is 10.7. The van der Waals surface area contributed by atoms with E-state index < -0.39 is 11.4 Å². The number of hydrogen-bond donors (Lipinski definition) is 2. The molecule has 0 bridgehead atoms. The van der Waals surface area contributed by atoms with Crippen molar-refractivity contribution in [2.75, 3.05) is 4.90 Å². The van der Waals surface area contributed by atoms with Crippen molar-refractivity contribution in [2.45, 2.75) is 12.3 Å². The van der Waals surface area contributed by atoms with Crippen LogP contribution < -0.4 is 15.8 Å². The van der Waals surface area contributed by atoms with Crippen LogP contribution in [0.1, 0.15) is 18.1 Å². The molecule has 5 nitrogen and oxygen atoms in total. The third kappa shape index (κ3) is 4.62. The third-order valence-electron chi connectivity index (χ3n) is 5.67. The van der Waals surface area contributed by atoms with E-state index in [9.17, 15) is 9.59 Å². The number of hydrazine groups is 1. The second kappa shape index (κ2) is 9.83. The van der Waals surface area contributed by atoms with Crippen LogP contribution in [-0.2, 0) is 10.2 Å². The zero-order chi connectivity index (χ0) is 23.1. The Balaban J connectivity index is 1.61. The molecule has 164 valence electrons. The zero-order valence-electron chi connectivity index (χ0n) is 18.3. The number of carbonyl (C=O) groups is 2. The third-order valence-corrected chi connectivity index (χ3v) is 5.67. The quantitative estimate of drug-likeness (QED) is 0.403. The molecule has 0 heterocycles. The Morgan fingerprint density at radius 2 is 0.939 bits per heavy atom. The summed E-state index contributed by atoms with van der Waals surface area (Å²) in [4.78, 5) is 28.3. The Morgan fingerprint density at radius 1 is 0.576 bits per heavy atom. The Hall–Kier alpha value is -4.38. The van der Waals surface area contributed by atoms with Gasteiger partial charge in [0, 0.05) is 0 Å². The van der Waals surface area contributed by atoms with Crippen molar-refractivity contribution in [3.63, 3.8) is 0 Å². The molecular weight excluding hydrogens is 410 g/mol. The van der Waals surface area contributed by atoms with E-state index in [1.807, 2.05) is 128 Å². The topological polar surface area (TPSA) is 61.4 Å². The highest BCUT2D eigenvalue weighted by Gasteiger charge is 2.37. The Morgan fingerprint density at radius 3 is 1.33 bits per heavy atom. The average molecular weight is 436 g/mol. The lowest BCUT2D eigenvalue weighted by atomic mass is 9.75. The van der Waals surface area contributed by atoms with Crippen molar-refractivity contribution in [3.8, 4) is 0 Å². The van der Waals surface area contributed by atoms with Gasteiger partial charge in [0.15, 0.2) is 0 Å². The molecular formula is C28H25N3O2. The lowest BCUT2D eigenvalue weighted by Crippen LogP contribution is -2.53. The first-order valence-electron chi connectivity index (χ1n) is 10.7. The summed E-state index contributed by atoms with van der Waals surface area (Å²) >= 11 is 0. The first-order chi connectivity index (χ1) is 16.1. The van der Waals surface area contributed by atoms with Gasteiger partial charge in [-0.3, -0.25) is 15.1 Å². The van der Waals surface area contributed by atoms with Gasteiger partial charge in [0.25, 0.3) is 5.91 Å². The van der Waals surface area contributed by atoms with Crippen LogP contribution in [0.4, 0.5) is 16.2 Å². The van der Waals surface area contributed by atoms with Crippen LogP contribution >= 0.6 is 0 Å². The molecule has 0 unspecified atom stereocenters. The predicted molar refractivity (Wildman–Crippen MR) is 131 cm³/mol. The van der Waals surface area contributed by atoms with Gasteiger partial charge >= 0.3 is 6.03 Å². The van der Waals surface area contributed by atoms with Gasteiger partial charge in [-0.05, 0) is 42.3 Å². The SMILES string of the molecule is CC(C(=O)NNC(=O)N(c1ccccc1)c1ccccc1)(c1ccccc1)c1ccccc1. The summed E-state index contributed by atoms with van der Waals surface area (Å²) in [6.45, 7) is 1.85. The molecule has 0 aromatic heterocycles. The van der Waals surface area contributed by atoms with Gasteiger partial charge in [0.05, 0.1) is 16.8 Å². The summed E-state index contributed by atoms with van der Waals surface area (Å²) in [5.41, 5.74) is 7.29. The van der Waals surface area contributed by atoms with Crippen molar-refractivity contribution in [3.05, 3.63) is 132 Å². The number of urea groups is 1. The summed E-state index contributed by atoms with van der Waals surface area (Å²) in [5, 5.41) is 0.